The Morgan fingerprint density at radius 2 is 2.17 bits per heavy atom. The summed E-state index contributed by atoms with van der Waals surface area (Å²) in [6, 6.07) is 4.61. The molecule has 0 aliphatic carbocycles. The molecule has 2 nitrogen and oxygen atoms in total. The van der Waals surface area contributed by atoms with E-state index in [1.54, 1.807) is 12.1 Å². The monoisotopic (exact) mass is 204 g/mol. The van der Waals surface area contributed by atoms with Gasteiger partial charge in [0.25, 0.3) is 5.24 Å². The molecular formula is C8H6Cl2O2. The van der Waals surface area contributed by atoms with Crippen molar-refractivity contribution in [3.05, 3.63) is 28.8 Å². The van der Waals surface area contributed by atoms with Gasteiger partial charge in [0.1, 0.15) is 5.75 Å². The lowest BCUT2D eigenvalue weighted by Gasteiger charge is -2.02. The van der Waals surface area contributed by atoms with Crippen LogP contribution in [0.1, 0.15) is 10.4 Å². The molecule has 1 rings (SSSR count). The minimum absolute atomic E-state index is 0.373. The summed E-state index contributed by atoms with van der Waals surface area (Å²) in [5.41, 5.74) is 0.373. The van der Waals surface area contributed by atoms with Crippen LogP contribution < -0.4 is 4.74 Å². The summed E-state index contributed by atoms with van der Waals surface area (Å²) >= 11 is 11.0. The maximum atomic E-state index is 10.7. The first kappa shape index (κ1) is 9.36. The Hall–Kier alpha value is -0.730. The van der Waals surface area contributed by atoms with Gasteiger partial charge in [0.2, 0.25) is 0 Å². The van der Waals surface area contributed by atoms with E-state index in [9.17, 15) is 4.79 Å². The normalized spacial score (nSPS) is 9.58. The van der Waals surface area contributed by atoms with Crippen LogP contribution in [-0.2, 0) is 0 Å². The van der Waals surface area contributed by atoms with Gasteiger partial charge < -0.3 is 4.74 Å². The third-order valence-corrected chi connectivity index (χ3v) is 1.91. The SMILES string of the molecule is COc1cc(C(=O)Cl)ccc1Cl. The average molecular weight is 205 g/mol. The molecule has 1 aromatic rings. The number of hydrogen-bond donors (Lipinski definition) is 0. The van der Waals surface area contributed by atoms with E-state index in [-0.39, 0.29) is 0 Å². The van der Waals surface area contributed by atoms with E-state index in [4.69, 9.17) is 27.9 Å². The zero-order valence-electron chi connectivity index (χ0n) is 6.30. The highest BCUT2D eigenvalue weighted by Gasteiger charge is 2.05. The summed E-state index contributed by atoms with van der Waals surface area (Å²) in [4.78, 5) is 10.7. The third kappa shape index (κ3) is 1.90. The lowest BCUT2D eigenvalue weighted by Crippen LogP contribution is -1.91. The average Bonchev–Trinajstić information content (AvgIpc) is 2.05. The van der Waals surface area contributed by atoms with Crippen LogP contribution in [0.4, 0.5) is 0 Å². The standard InChI is InChI=1S/C8H6Cl2O2/c1-12-7-4-5(8(10)11)2-3-6(7)9/h2-4H,1H3. The van der Waals surface area contributed by atoms with Crippen LogP contribution in [-0.4, -0.2) is 12.4 Å². The van der Waals surface area contributed by atoms with Gasteiger partial charge in [-0.1, -0.05) is 11.6 Å². The Morgan fingerprint density at radius 3 is 2.67 bits per heavy atom. The fourth-order valence-electron chi connectivity index (χ4n) is 0.782. The second-order valence-electron chi connectivity index (χ2n) is 2.12. The Balaban J connectivity index is 3.13. The molecule has 0 N–H and O–H groups in total. The number of hydrogen-bond acceptors (Lipinski definition) is 2. The molecule has 0 radical (unpaired) electrons. The lowest BCUT2D eigenvalue weighted by atomic mass is 10.2. The highest BCUT2D eigenvalue weighted by atomic mass is 35.5. The van der Waals surface area contributed by atoms with Crippen molar-refractivity contribution in [3.63, 3.8) is 0 Å². The van der Waals surface area contributed by atoms with Crippen LogP contribution in [0.3, 0.4) is 0 Å². The Labute approximate surface area is 80.0 Å². The van der Waals surface area contributed by atoms with Crippen molar-refractivity contribution in [3.8, 4) is 5.75 Å². The number of carbonyl (C=O) groups is 1. The molecule has 0 aliphatic heterocycles. The number of carbonyl (C=O) groups excluding carboxylic acids is 1. The van der Waals surface area contributed by atoms with Crippen molar-refractivity contribution >= 4 is 28.4 Å². The van der Waals surface area contributed by atoms with Gasteiger partial charge in [-0.25, -0.2) is 0 Å². The van der Waals surface area contributed by atoms with E-state index in [0.29, 0.717) is 16.3 Å². The van der Waals surface area contributed by atoms with Crippen molar-refractivity contribution in [2.24, 2.45) is 0 Å². The minimum Gasteiger partial charge on any atom is -0.495 e. The van der Waals surface area contributed by atoms with Gasteiger partial charge in [0, 0.05) is 5.56 Å². The molecule has 0 amide bonds. The molecule has 0 saturated heterocycles. The van der Waals surface area contributed by atoms with Gasteiger partial charge in [-0.15, -0.1) is 0 Å². The maximum absolute atomic E-state index is 10.7. The zero-order chi connectivity index (χ0) is 9.14. The predicted molar refractivity (Wildman–Crippen MR) is 48.2 cm³/mol. The Morgan fingerprint density at radius 1 is 1.50 bits per heavy atom. The second-order valence-corrected chi connectivity index (χ2v) is 2.87. The topological polar surface area (TPSA) is 26.3 Å². The number of halogens is 2. The molecule has 1 aromatic carbocycles. The summed E-state index contributed by atoms with van der Waals surface area (Å²) in [6.45, 7) is 0. The van der Waals surface area contributed by atoms with Crippen LogP contribution in [0.25, 0.3) is 0 Å². The molecule has 4 heteroatoms. The predicted octanol–water partition coefficient (Wildman–Crippen LogP) is 2.73. The summed E-state index contributed by atoms with van der Waals surface area (Å²) in [5, 5.41) is -0.0656. The molecule has 0 spiro atoms. The molecule has 0 heterocycles. The van der Waals surface area contributed by atoms with Crippen molar-refractivity contribution in [1.82, 2.24) is 0 Å². The molecular weight excluding hydrogens is 199 g/mol. The van der Waals surface area contributed by atoms with Gasteiger partial charge >= 0.3 is 0 Å². The van der Waals surface area contributed by atoms with Crippen LogP contribution in [0, 0.1) is 0 Å². The summed E-state index contributed by atoms with van der Waals surface area (Å²) in [5.74, 6) is 0.447. The summed E-state index contributed by atoms with van der Waals surface area (Å²) in [7, 11) is 1.48. The first-order valence-electron chi connectivity index (χ1n) is 3.18. The molecule has 0 atom stereocenters. The molecule has 0 unspecified atom stereocenters. The number of ether oxygens (including phenoxy) is 1. The van der Waals surface area contributed by atoms with Crippen LogP contribution in [0.2, 0.25) is 5.02 Å². The van der Waals surface area contributed by atoms with Gasteiger partial charge in [0.05, 0.1) is 12.1 Å². The zero-order valence-corrected chi connectivity index (χ0v) is 7.82. The van der Waals surface area contributed by atoms with Crippen LogP contribution in [0.15, 0.2) is 18.2 Å². The van der Waals surface area contributed by atoms with Crippen LogP contribution in [0.5, 0.6) is 5.75 Å². The third-order valence-electron chi connectivity index (χ3n) is 1.38. The molecule has 0 saturated carbocycles. The van der Waals surface area contributed by atoms with Gasteiger partial charge in [-0.05, 0) is 29.8 Å². The van der Waals surface area contributed by atoms with Crippen LogP contribution >= 0.6 is 23.2 Å². The number of benzene rings is 1. The van der Waals surface area contributed by atoms with E-state index >= 15 is 0 Å². The quantitative estimate of drug-likeness (QED) is 0.693. The second kappa shape index (κ2) is 3.78. The minimum atomic E-state index is -0.523. The molecule has 0 aliphatic rings. The molecule has 64 valence electrons. The van der Waals surface area contributed by atoms with E-state index in [2.05, 4.69) is 0 Å². The highest BCUT2D eigenvalue weighted by Crippen LogP contribution is 2.25. The first-order valence-corrected chi connectivity index (χ1v) is 3.94. The smallest absolute Gasteiger partial charge is 0.252 e. The largest absolute Gasteiger partial charge is 0.495 e. The summed E-state index contributed by atoms with van der Waals surface area (Å²) in [6.07, 6.45) is 0. The van der Waals surface area contributed by atoms with Crippen molar-refractivity contribution in [1.29, 1.82) is 0 Å². The fraction of sp³-hybridized carbons (Fsp3) is 0.125. The van der Waals surface area contributed by atoms with Crippen molar-refractivity contribution < 1.29 is 9.53 Å². The van der Waals surface area contributed by atoms with Crippen molar-refractivity contribution in [2.75, 3.05) is 7.11 Å². The fourth-order valence-corrected chi connectivity index (χ4v) is 1.09. The Bertz CT molecular complexity index is 310. The van der Waals surface area contributed by atoms with E-state index in [1.165, 1.54) is 13.2 Å². The van der Waals surface area contributed by atoms with E-state index in [0.717, 1.165) is 0 Å². The molecule has 0 bridgehead atoms. The lowest BCUT2D eigenvalue weighted by molar-refractivity contribution is 0.108. The van der Waals surface area contributed by atoms with Gasteiger partial charge in [-0.3, -0.25) is 4.79 Å². The highest BCUT2D eigenvalue weighted by molar-refractivity contribution is 6.67. The molecule has 0 aromatic heterocycles. The number of methoxy groups -OCH3 is 1. The summed E-state index contributed by atoms with van der Waals surface area (Å²) < 4.78 is 4.89. The van der Waals surface area contributed by atoms with E-state index in [1.807, 2.05) is 0 Å². The first-order chi connectivity index (χ1) is 5.65. The molecule has 12 heavy (non-hydrogen) atoms. The van der Waals surface area contributed by atoms with E-state index < -0.39 is 5.24 Å². The molecule has 0 fully saturated rings. The number of rotatable bonds is 2. The van der Waals surface area contributed by atoms with Gasteiger partial charge in [0.15, 0.2) is 0 Å². The maximum Gasteiger partial charge on any atom is 0.252 e. The van der Waals surface area contributed by atoms with Crippen molar-refractivity contribution in [2.45, 2.75) is 0 Å². The van der Waals surface area contributed by atoms with Gasteiger partial charge in [-0.2, -0.15) is 0 Å². The Kier molecular flexibility index (Phi) is 2.95.